The van der Waals surface area contributed by atoms with Crippen molar-refractivity contribution in [2.24, 2.45) is 0 Å². The zero-order valence-corrected chi connectivity index (χ0v) is 15.2. The molecule has 0 aliphatic heterocycles. The smallest absolute Gasteiger partial charge is 0.411 e. The number of methoxy groups -OCH3 is 1. The lowest BCUT2D eigenvalue weighted by atomic mass is 9.96. The van der Waals surface area contributed by atoms with Crippen LogP contribution in [-0.2, 0) is 19.1 Å². The number of hydrogen-bond acceptors (Lipinski definition) is 5. The summed E-state index contributed by atoms with van der Waals surface area (Å²) in [6.07, 6.45) is -7.14. The molecule has 146 valence electrons. The van der Waals surface area contributed by atoms with E-state index in [0.717, 1.165) is 7.11 Å². The van der Waals surface area contributed by atoms with Crippen molar-refractivity contribution in [3.63, 3.8) is 0 Å². The zero-order valence-electron chi connectivity index (χ0n) is 15.2. The first kappa shape index (κ1) is 23.0. The Bertz CT molecular complexity index is 502. The molecule has 2 atom stereocenters. The molecule has 0 bridgehead atoms. The van der Waals surface area contributed by atoms with Gasteiger partial charge in [-0.1, -0.05) is 0 Å². The summed E-state index contributed by atoms with van der Waals surface area (Å²) >= 11 is 0. The molecule has 0 heterocycles. The molecule has 2 amide bonds. The third kappa shape index (κ3) is 8.59. The molecule has 0 aliphatic rings. The van der Waals surface area contributed by atoms with Crippen molar-refractivity contribution >= 4 is 18.0 Å². The fourth-order valence-electron chi connectivity index (χ4n) is 1.77. The van der Waals surface area contributed by atoms with Crippen molar-refractivity contribution in [2.45, 2.75) is 70.8 Å². The summed E-state index contributed by atoms with van der Waals surface area (Å²) in [5.74, 6) is -2.09. The van der Waals surface area contributed by atoms with Gasteiger partial charge >= 0.3 is 18.2 Å². The molecule has 0 spiro atoms. The molecule has 25 heavy (non-hydrogen) atoms. The highest BCUT2D eigenvalue weighted by atomic mass is 19.4. The molecular weight excluding hydrogens is 345 g/mol. The van der Waals surface area contributed by atoms with Crippen molar-refractivity contribution in [2.75, 3.05) is 7.11 Å². The van der Waals surface area contributed by atoms with Gasteiger partial charge in [0, 0.05) is 12.5 Å². The van der Waals surface area contributed by atoms with E-state index in [1.54, 1.807) is 26.1 Å². The number of halogens is 3. The van der Waals surface area contributed by atoms with E-state index in [2.05, 4.69) is 10.1 Å². The summed E-state index contributed by atoms with van der Waals surface area (Å²) < 4.78 is 48.8. The summed E-state index contributed by atoms with van der Waals surface area (Å²) in [6, 6.07) is -0.773. The van der Waals surface area contributed by atoms with Crippen molar-refractivity contribution in [3.05, 3.63) is 0 Å². The van der Waals surface area contributed by atoms with Gasteiger partial charge in [0.2, 0.25) is 5.91 Å². The minimum Gasteiger partial charge on any atom is -0.469 e. The van der Waals surface area contributed by atoms with Gasteiger partial charge in [-0.05, 0) is 34.6 Å². The number of carbonyl (C=O) groups is 3. The van der Waals surface area contributed by atoms with E-state index < -0.39 is 54.2 Å². The second-order valence-electron chi connectivity index (χ2n) is 6.88. The minimum atomic E-state index is -4.86. The molecule has 7 nitrogen and oxygen atoms in total. The average Bonchev–Trinajstić information content (AvgIpc) is 2.33. The van der Waals surface area contributed by atoms with E-state index in [1.165, 1.54) is 6.92 Å². The molecule has 0 radical (unpaired) electrons. The van der Waals surface area contributed by atoms with Crippen LogP contribution in [-0.4, -0.2) is 48.4 Å². The van der Waals surface area contributed by atoms with Crippen molar-refractivity contribution in [3.8, 4) is 0 Å². The Hall–Kier alpha value is -2.00. The number of carbonyl (C=O) groups excluding carboxylic acids is 3. The van der Waals surface area contributed by atoms with E-state index in [9.17, 15) is 27.6 Å². The lowest BCUT2D eigenvalue weighted by Gasteiger charge is -2.32. The number of alkyl halides is 3. The number of rotatable bonds is 6. The Morgan fingerprint density at radius 1 is 1.08 bits per heavy atom. The van der Waals surface area contributed by atoms with Gasteiger partial charge in [0.05, 0.1) is 13.5 Å². The maximum Gasteiger partial charge on any atom is 0.411 e. The van der Waals surface area contributed by atoms with Gasteiger partial charge in [0.15, 0.2) is 0 Å². The first-order chi connectivity index (χ1) is 11.1. The van der Waals surface area contributed by atoms with Crippen LogP contribution in [0.4, 0.5) is 18.0 Å². The SMILES string of the molecule is COC(=O)C[C@@](C)(NC(=O)C[C@H](C)NC(=O)OC(C)(C)C)C(F)(F)F. The van der Waals surface area contributed by atoms with Crippen molar-refractivity contribution in [1.29, 1.82) is 0 Å². The molecule has 0 unspecified atom stereocenters. The van der Waals surface area contributed by atoms with Crippen LogP contribution in [0.15, 0.2) is 0 Å². The van der Waals surface area contributed by atoms with Gasteiger partial charge in [0.1, 0.15) is 11.1 Å². The largest absolute Gasteiger partial charge is 0.469 e. The molecule has 0 aromatic carbocycles. The Kier molecular flexibility index (Phi) is 7.72. The minimum absolute atomic E-state index is 0.425. The fourth-order valence-corrected chi connectivity index (χ4v) is 1.77. The highest BCUT2D eigenvalue weighted by molar-refractivity contribution is 5.80. The van der Waals surface area contributed by atoms with Gasteiger partial charge in [-0.2, -0.15) is 13.2 Å². The third-order valence-electron chi connectivity index (χ3n) is 3.02. The Morgan fingerprint density at radius 3 is 2.00 bits per heavy atom. The van der Waals surface area contributed by atoms with Gasteiger partial charge in [0.25, 0.3) is 0 Å². The number of ether oxygens (including phenoxy) is 2. The van der Waals surface area contributed by atoms with Gasteiger partial charge in [-0.15, -0.1) is 0 Å². The number of hydrogen-bond donors (Lipinski definition) is 2. The van der Waals surface area contributed by atoms with E-state index in [1.807, 2.05) is 0 Å². The number of alkyl carbamates (subject to hydrolysis) is 1. The first-order valence-corrected chi connectivity index (χ1v) is 7.53. The van der Waals surface area contributed by atoms with E-state index >= 15 is 0 Å². The van der Waals surface area contributed by atoms with Crippen LogP contribution in [0.5, 0.6) is 0 Å². The second-order valence-corrected chi connectivity index (χ2v) is 6.88. The summed E-state index contributed by atoms with van der Waals surface area (Å²) in [7, 11) is 0.952. The summed E-state index contributed by atoms with van der Waals surface area (Å²) in [5.41, 5.74) is -3.52. The van der Waals surface area contributed by atoms with Crippen LogP contribution in [0.2, 0.25) is 0 Å². The monoisotopic (exact) mass is 370 g/mol. The Morgan fingerprint density at radius 2 is 1.60 bits per heavy atom. The Labute approximate surface area is 144 Å². The maximum atomic E-state index is 13.2. The molecule has 0 saturated carbocycles. The van der Waals surface area contributed by atoms with E-state index in [0.29, 0.717) is 6.92 Å². The topological polar surface area (TPSA) is 93.7 Å². The predicted octanol–water partition coefficient (Wildman–Crippen LogP) is 2.29. The molecule has 2 N–H and O–H groups in total. The summed E-state index contributed by atoms with van der Waals surface area (Å²) in [6.45, 7) is 7.06. The van der Waals surface area contributed by atoms with Crippen LogP contribution in [0.3, 0.4) is 0 Å². The number of esters is 1. The summed E-state index contributed by atoms with van der Waals surface area (Å²) in [5, 5.41) is 4.14. The summed E-state index contributed by atoms with van der Waals surface area (Å²) in [4.78, 5) is 34.7. The quantitative estimate of drug-likeness (QED) is 0.700. The average molecular weight is 370 g/mol. The van der Waals surface area contributed by atoms with Crippen LogP contribution in [0.1, 0.15) is 47.5 Å². The van der Waals surface area contributed by atoms with Crippen molar-refractivity contribution in [1.82, 2.24) is 10.6 Å². The van der Waals surface area contributed by atoms with Gasteiger partial charge in [-0.3, -0.25) is 9.59 Å². The highest BCUT2D eigenvalue weighted by Gasteiger charge is 2.53. The second kappa shape index (κ2) is 8.39. The van der Waals surface area contributed by atoms with Crippen molar-refractivity contribution < 1.29 is 37.0 Å². The third-order valence-corrected chi connectivity index (χ3v) is 3.02. The predicted molar refractivity (Wildman–Crippen MR) is 82.7 cm³/mol. The standard InChI is InChI=1S/C15H25F3N2O5/c1-9(19-12(23)25-13(2,3)4)7-10(21)20-14(5,15(16,17)18)8-11(22)24-6/h9H,7-8H2,1-6H3,(H,19,23)(H,20,21)/t9-,14+/m0/s1. The molecule has 0 fully saturated rings. The number of nitrogens with one attached hydrogen (secondary N) is 2. The van der Waals surface area contributed by atoms with Crippen LogP contribution < -0.4 is 10.6 Å². The zero-order chi connectivity index (χ0) is 20.1. The molecule has 0 saturated heterocycles. The molecular formula is C15H25F3N2O5. The molecule has 0 rings (SSSR count). The fraction of sp³-hybridized carbons (Fsp3) is 0.800. The highest BCUT2D eigenvalue weighted by Crippen LogP contribution is 2.33. The van der Waals surface area contributed by atoms with Crippen LogP contribution in [0, 0.1) is 0 Å². The lowest BCUT2D eigenvalue weighted by Crippen LogP contribution is -2.58. The molecule has 10 heteroatoms. The molecule has 0 aromatic rings. The van der Waals surface area contributed by atoms with Gasteiger partial charge in [-0.25, -0.2) is 4.79 Å². The lowest BCUT2D eigenvalue weighted by molar-refractivity contribution is -0.199. The molecule has 0 aromatic heterocycles. The van der Waals surface area contributed by atoms with E-state index in [4.69, 9.17) is 4.74 Å². The molecule has 0 aliphatic carbocycles. The Balaban J connectivity index is 4.82. The van der Waals surface area contributed by atoms with Gasteiger partial charge < -0.3 is 20.1 Å². The van der Waals surface area contributed by atoms with Crippen LogP contribution >= 0.6 is 0 Å². The normalized spacial score (nSPS) is 15.6. The first-order valence-electron chi connectivity index (χ1n) is 7.53. The van der Waals surface area contributed by atoms with Crippen LogP contribution in [0.25, 0.3) is 0 Å². The number of amides is 2. The maximum absolute atomic E-state index is 13.2. The van der Waals surface area contributed by atoms with E-state index in [-0.39, 0.29) is 0 Å².